The van der Waals surface area contributed by atoms with Gasteiger partial charge in [0.1, 0.15) is 0 Å². The number of rotatable bonds is 8. The second kappa shape index (κ2) is 8.51. The Balaban J connectivity index is 2.81. The molecule has 4 nitrogen and oxygen atoms in total. The third kappa shape index (κ3) is 7.19. The standard InChI is InChI=1S/C19H34N2O2/c1-13(2)12-16(18(23)21-19(3,4)5)15(17(20)22)11-10-14-8-6-7-9-14/h14-16H,1,6-12H2,2-5H3,(H2,20,22)(H,21,23). The quantitative estimate of drug-likeness (QED) is 0.671. The van der Waals surface area contributed by atoms with Gasteiger partial charge in [0.05, 0.1) is 5.92 Å². The average Bonchev–Trinajstić information content (AvgIpc) is 2.87. The summed E-state index contributed by atoms with van der Waals surface area (Å²) in [7, 11) is 0. The Hall–Kier alpha value is -1.32. The van der Waals surface area contributed by atoms with E-state index < -0.39 is 11.8 Å². The van der Waals surface area contributed by atoms with Crippen molar-refractivity contribution >= 4 is 11.8 Å². The molecule has 2 atom stereocenters. The van der Waals surface area contributed by atoms with Crippen LogP contribution in [0.25, 0.3) is 0 Å². The molecule has 1 rings (SSSR count). The maximum absolute atomic E-state index is 12.7. The summed E-state index contributed by atoms with van der Waals surface area (Å²) in [6.07, 6.45) is 7.26. The van der Waals surface area contributed by atoms with Crippen LogP contribution in [-0.2, 0) is 9.59 Å². The van der Waals surface area contributed by atoms with Gasteiger partial charge in [-0.3, -0.25) is 9.59 Å². The Kier molecular flexibility index (Phi) is 7.30. The number of carbonyl (C=O) groups is 2. The van der Waals surface area contributed by atoms with Crippen molar-refractivity contribution in [1.82, 2.24) is 5.32 Å². The number of carbonyl (C=O) groups excluding carboxylic acids is 2. The summed E-state index contributed by atoms with van der Waals surface area (Å²) < 4.78 is 0. The maximum atomic E-state index is 12.7. The van der Waals surface area contributed by atoms with Crippen molar-refractivity contribution in [3.63, 3.8) is 0 Å². The van der Waals surface area contributed by atoms with Crippen LogP contribution in [0.1, 0.15) is 72.6 Å². The fourth-order valence-corrected chi connectivity index (χ4v) is 3.51. The number of hydrogen-bond acceptors (Lipinski definition) is 2. The van der Waals surface area contributed by atoms with E-state index in [1.807, 2.05) is 27.7 Å². The lowest BCUT2D eigenvalue weighted by Gasteiger charge is -2.29. The molecule has 4 heteroatoms. The number of amides is 2. The fraction of sp³-hybridized carbons (Fsp3) is 0.789. The van der Waals surface area contributed by atoms with E-state index in [2.05, 4.69) is 11.9 Å². The van der Waals surface area contributed by atoms with Crippen LogP contribution in [-0.4, -0.2) is 17.4 Å². The summed E-state index contributed by atoms with van der Waals surface area (Å²) in [4.78, 5) is 24.7. The van der Waals surface area contributed by atoms with Gasteiger partial charge in [0, 0.05) is 11.5 Å². The minimum Gasteiger partial charge on any atom is -0.369 e. The first kappa shape index (κ1) is 19.7. The molecular weight excluding hydrogens is 288 g/mol. The van der Waals surface area contributed by atoms with Crippen LogP contribution < -0.4 is 11.1 Å². The van der Waals surface area contributed by atoms with Gasteiger partial charge in [0.2, 0.25) is 11.8 Å². The van der Waals surface area contributed by atoms with E-state index >= 15 is 0 Å². The molecule has 1 saturated carbocycles. The molecule has 0 aromatic heterocycles. The highest BCUT2D eigenvalue weighted by atomic mass is 16.2. The maximum Gasteiger partial charge on any atom is 0.224 e. The highest BCUT2D eigenvalue weighted by Gasteiger charge is 2.34. The van der Waals surface area contributed by atoms with E-state index in [4.69, 9.17) is 5.73 Å². The molecule has 1 aliphatic carbocycles. The van der Waals surface area contributed by atoms with Crippen LogP contribution in [0, 0.1) is 17.8 Å². The average molecular weight is 322 g/mol. The molecule has 2 unspecified atom stereocenters. The van der Waals surface area contributed by atoms with E-state index in [1.165, 1.54) is 25.7 Å². The summed E-state index contributed by atoms with van der Waals surface area (Å²) in [5, 5.41) is 3.00. The van der Waals surface area contributed by atoms with Gasteiger partial charge in [-0.15, -0.1) is 6.58 Å². The molecule has 132 valence electrons. The van der Waals surface area contributed by atoms with E-state index in [1.54, 1.807) is 0 Å². The molecule has 23 heavy (non-hydrogen) atoms. The first-order chi connectivity index (χ1) is 10.6. The molecule has 0 aromatic carbocycles. The summed E-state index contributed by atoms with van der Waals surface area (Å²) >= 11 is 0. The Bertz CT molecular complexity index is 431. The van der Waals surface area contributed by atoms with Gasteiger partial charge in [-0.25, -0.2) is 0 Å². The van der Waals surface area contributed by atoms with Crippen molar-refractivity contribution in [2.24, 2.45) is 23.5 Å². The van der Waals surface area contributed by atoms with E-state index in [-0.39, 0.29) is 17.4 Å². The molecule has 3 N–H and O–H groups in total. The Morgan fingerprint density at radius 1 is 1.22 bits per heavy atom. The van der Waals surface area contributed by atoms with Crippen molar-refractivity contribution in [2.75, 3.05) is 0 Å². The summed E-state index contributed by atoms with van der Waals surface area (Å²) in [5.41, 5.74) is 6.24. The van der Waals surface area contributed by atoms with Crippen LogP contribution in [0.3, 0.4) is 0 Å². The largest absolute Gasteiger partial charge is 0.369 e. The van der Waals surface area contributed by atoms with Gasteiger partial charge in [-0.2, -0.15) is 0 Å². The number of nitrogens with two attached hydrogens (primary N) is 1. The number of primary amides is 1. The van der Waals surface area contributed by atoms with Crippen molar-refractivity contribution in [3.8, 4) is 0 Å². The SMILES string of the molecule is C=C(C)CC(C(=O)NC(C)(C)C)C(CCC1CCCC1)C(N)=O. The molecule has 1 aliphatic rings. The third-order valence-corrected chi connectivity index (χ3v) is 4.62. The van der Waals surface area contributed by atoms with Crippen molar-refractivity contribution in [3.05, 3.63) is 12.2 Å². The zero-order valence-corrected chi connectivity index (χ0v) is 15.3. The molecule has 0 saturated heterocycles. The summed E-state index contributed by atoms with van der Waals surface area (Å²) in [6, 6.07) is 0. The van der Waals surface area contributed by atoms with Crippen LogP contribution in [0.2, 0.25) is 0 Å². The van der Waals surface area contributed by atoms with Crippen LogP contribution >= 0.6 is 0 Å². The highest BCUT2D eigenvalue weighted by Crippen LogP contribution is 2.32. The summed E-state index contributed by atoms with van der Waals surface area (Å²) in [5.74, 6) is -0.581. The molecule has 2 amide bonds. The predicted molar refractivity (Wildman–Crippen MR) is 94.7 cm³/mol. The molecule has 0 bridgehead atoms. The van der Waals surface area contributed by atoms with Crippen LogP contribution in [0.15, 0.2) is 12.2 Å². The van der Waals surface area contributed by atoms with Gasteiger partial charge < -0.3 is 11.1 Å². The molecule has 0 aromatic rings. The zero-order chi connectivity index (χ0) is 17.6. The number of allylic oxidation sites excluding steroid dienone is 1. The lowest BCUT2D eigenvalue weighted by atomic mass is 9.80. The molecular formula is C19H34N2O2. The summed E-state index contributed by atoms with van der Waals surface area (Å²) in [6.45, 7) is 11.7. The van der Waals surface area contributed by atoms with Crippen molar-refractivity contribution in [1.29, 1.82) is 0 Å². The fourth-order valence-electron chi connectivity index (χ4n) is 3.51. The van der Waals surface area contributed by atoms with Gasteiger partial charge in [-0.05, 0) is 52.9 Å². The normalized spacial score (nSPS) is 18.4. The Labute approximate surface area is 141 Å². The van der Waals surface area contributed by atoms with Gasteiger partial charge >= 0.3 is 0 Å². The second-order valence-electron chi connectivity index (χ2n) is 8.24. The molecule has 0 heterocycles. The Morgan fingerprint density at radius 3 is 2.22 bits per heavy atom. The van der Waals surface area contributed by atoms with Crippen LogP contribution in [0.4, 0.5) is 0 Å². The monoisotopic (exact) mass is 322 g/mol. The van der Waals surface area contributed by atoms with Gasteiger partial charge in [-0.1, -0.05) is 31.3 Å². The van der Waals surface area contributed by atoms with E-state index in [9.17, 15) is 9.59 Å². The molecule has 1 fully saturated rings. The van der Waals surface area contributed by atoms with Gasteiger partial charge in [0.15, 0.2) is 0 Å². The highest BCUT2D eigenvalue weighted by molar-refractivity contribution is 5.87. The molecule has 0 aliphatic heterocycles. The molecule has 0 spiro atoms. The lowest BCUT2D eigenvalue weighted by Crippen LogP contribution is -2.47. The number of nitrogens with one attached hydrogen (secondary N) is 1. The van der Waals surface area contributed by atoms with E-state index in [0.29, 0.717) is 18.8 Å². The van der Waals surface area contributed by atoms with E-state index in [0.717, 1.165) is 12.0 Å². The third-order valence-electron chi connectivity index (χ3n) is 4.62. The van der Waals surface area contributed by atoms with Gasteiger partial charge in [0.25, 0.3) is 0 Å². The minimum atomic E-state index is -0.411. The van der Waals surface area contributed by atoms with Crippen molar-refractivity contribution in [2.45, 2.75) is 78.2 Å². The predicted octanol–water partition coefficient (Wildman–Crippen LogP) is 3.56. The minimum absolute atomic E-state index is 0.0873. The topological polar surface area (TPSA) is 72.2 Å². The lowest BCUT2D eigenvalue weighted by molar-refractivity contribution is -0.134. The smallest absolute Gasteiger partial charge is 0.224 e. The Morgan fingerprint density at radius 2 is 1.78 bits per heavy atom. The second-order valence-corrected chi connectivity index (χ2v) is 8.24. The number of hydrogen-bond donors (Lipinski definition) is 2. The first-order valence-electron chi connectivity index (χ1n) is 8.86. The molecule has 0 radical (unpaired) electrons. The van der Waals surface area contributed by atoms with Crippen molar-refractivity contribution < 1.29 is 9.59 Å². The first-order valence-corrected chi connectivity index (χ1v) is 8.86. The van der Waals surface area contributed by atoms with Crippen LogP contribution in [0.5, 0.6) is 0 Å². The zero-order valence-electron chi connectivity index (χ0n) is 15.3.